The Balaban J connectivity index is 1.66. The second kappa shape index (κ2) is 8.99. The van der Waals surface area contributed by atoms with Gasteiger partial charge in [-0.2, -0.15) is 0 Å². The van der Waals surface area contributed by atoms with E-state index in [1.165, 1.54) is 24.3 Å². The van der Waals surface area contributed by atoms with Gasteiger partial charge in [-0.3, -0.25) is 19.7 Å². The number of halogens is 1. The first kappa shape index (κ1) is 20.0. The van der Waals surface area contributed by atoms with Crippen molar-refractivity contribution in [3.8, 4) is 0 Å². The van der Waals surface area contributed by atoms with Crippen molar-refractivity contribution in [2.45, 2.75) is 6.42 Å². The molecule has 29 heavy (non-hydrogen) atoms. The van der Waals surface area contributed by atoms with Gasteiger partial charge in [0.25, 0.3) is 11.6 Å². The van der Waals surface area contributed by atoms with E-state index in [0.717, 1.165) is 5.56 Å². The molecule has 2 amide bonds. The molecule has 0 aliphatic carbocycles. The van der Waals surface area contributed by atoms with Crippen molar-refractivity contribution in [2.75, 3.05) is 10.6 Å². The summed E-state index contributed by atoms with van der Waals surface area (Å²) in [4.78, 5) is 35.0. The first-order valence-corrected chi connectivity index (χ1v) is 8.99. The standard InChI is InChI=1S/C21H16ClN3O4/c22-16-9-7-14(8-10-16)11-20(26)23-17-4-1-3-15(12-17)21(27)24-18-5-2-6-19(13-18)25(28)29/h1-10,12-13H,11H2,(H,23,26)(H,24,27). The van der Waals surface area contributed by atoms with Crippen LogP contribution in [0, 0.1) is 10.1 Å². The van der Waals surface area contributed by atoms with Crippen molar-refractivity contribution in [2.24, 2.45) is 0 Å². The molecule has 3 rings (SSSR count). The van der Waals surface area contributed by atoms with Crippen molar-refractivity contribution in [1.82, 2.24) is 0 Å². The predicted octanol–water partition coefficient (Wildman–Crippen LogP) is 4.68. The summed E-state index contributed by atoms with van der Waals surface area (Å²) in [7, 11) is 0. The highest BCUT2D eigenvalue weighted by Crippen LogP contribution is 2.19. The van der Waals surface area contributed by atoms with E-state index in [-0.39, 0.29) is 18.0 Å². The molecular formula is C21H16ClN3O4. The average molecular weight is 410 g/mol. The Morgan fingerprint density at radius 1 is 0.897 bits per heavy atom. The van der Waals surface area contributed by atoms with Crippen molar-refractivity contribution in [3.63, 3.8) is 0 Å². The molecule has 0 saturated heterocycles. The highest BCUT2D eigenvalue weighted by molar-refractivity contribution is 6.30. The van der Waals surface area contributed by atoms with Crippen molar-refractivity contribution < 1.29 is 14.5 Å². The molecule has 3 aromatic carbocycles. The van der Waals surface area contributed by atoms with Gasteiger partial charge >= 0.3 is 0 Å². The van der Waals surface area contributed by atoms with E-state index >= 15 is 0 Å². The number of non-ortho nitro benzene ring substituents is 1. The summed E-state index contributed by atoms with van der Waals surface area (Å²) in [6, 6.07) is 19.0. The molecular weight excluding hydrogens is 394 g/mol. The fourth-order valence-corrected chi connectivity index (χ4v) is 2.76. The molecule has 0 radical (unpaired) electrons. The second-order valence-electron chi connectivity index (χ2n) is 6.19. The Bertz CT molecular complexity index is 1070. The Morgan fingerprint density at radius 3 is 2.24 bits per heavy atom. The number of hydrogen-bond donors (Lipinski definition) is 2. The summed E-state index contributed by atoms with van der Waals surface area (Å²) < 4.78 is 0. The fourth-order valence-electron chi connectivity index (χ4n) is 2.63. The molecule has 0 atom stereocenters. The van der Waals surface area contributed by atoms with E-state index in [0.29, 0.717) is 22.0 Å². The molecule has 0 saturated carbocycles. The third kappa shape index (κ3) is 5.63. The van der Waals surface area contributed by atoms with Crippen LogP contribution in [0.2, 0.25) is 5.02 Å². The topological polar surface area (TPSA) is 101 Å². The zero-order valence-corrected chi connectivity index (χ0v) is 15.8. The molecule has 0 fully saturated rings. The maximum absolute atomic E-state index is 12.5. The number of nitrogens with zero attached hydrogens (tertiary/aromatic N) is 1. The van der Waals surface area contributed by atoms with Crippen molar-refractivity contribution >= 4 is 40.5 Å². The maximum atomic E-state index is 12.5. The molecule has 8 heteroatoms. The van der Waals surface area contributed by atoms with Gasteiger partial charge in [-0.25, -0.2) is 0 Å². The van der Waals surface area contributed by atoms with Crippen LogP contribution >= 0.6 is 11.6 Å². The number of hydrogen-bond acceptors (Lipinski definition) is 4. The summed E-state index contributed by atoms with van der Waals surface area (Å²) >= 11 is 5.84. The predicted molar refractivity (Wildman–Crippen MR) is 111 cm³/mol. The number of anilines is 2. The molecule has 0 spiro atoms. The van der Waals surface area contributed by atoms with Gasteiger partial charge in [-0.1, -0.05) is 35.9 Å². The van der Waals surface area contributed by atoms with Crippen LogP contribution in [0.4, 0.5) is 17.1 Å². The molecule has 0 aromatic heterocycles. The van der Waals surface area contributed by atoms with Crippen molar-refractivity contribution in [3.05, 3.63) is 99.1 Å². The van der Waals surface area contributed by atoms with E-state index in [4.69, 9.17) is 11.6 Å². The molecule has 3 aromatic rings. The number of nitro groups is 1. The summed E-state index contributed by atoms with van der Waals surface area (Å²) in [6.45, 7) is 0. The smallest absolute Gasteiger partial charge is 0.271 e. The minimum Gasteiger partial charge on any atom is -0.326 e. The second-order valence-corrected chi connectivity index (χ2v) is 6.63. The lowest BCUT2D eigenvalue weighted by Gasteiger charge is -2.09. The fraction of sp³-hybridized carbons (Fsp3) is 0.0476. The van der Waals surface area contributed by atoms with Crippen LogP contribution in [0.5, 0.6) is 0 Å². The van der Waals surface area contributed by atoms with Gasteiger partial charge in [0.1, 0.15) is 0 Å². The lowest BCUT2D eigenvalue weighted by atomic mass is 10.1. The number of carbonyl (C=O) groups excluding carboxylic acids is 2. The molecule has 0 aliphatic rings. The van der Waals surface area contributed by atoms with E-state index in [1.807, 2.05) is 0 Å². The van der Waals surface area contributed by atoms with Gasteiger partial charge in [0, 0.05) is 34.1 Å². The van der Waals surface area contributed by atoms with Crippen LogP contribution in [-0.2, 0) is 11.2 Å². The Kier molecular flexibility index (Phi) is 6.21. The zero-order chi connectivity index (χ0) is 20.8. The number of benzene rings is 3. The summed E-state index contributed by atoms with van der Waals surface area (Å²) in [5, 5.41) is 16.8. The van der Waals surface area contributed by atoms with Gasteiger partial charge in [0.05, 0.1) is 11.3 Å². The van der Waals surface area contributed by atoms with Crippen LogP contribution in [0.1, 0.15) is 15.9 Å². The summed E-state index contributed by atoms with van der Waals surface area (Å²) in [5.74, 6) is -0.678. The summed E-state index contributed by atoms with van der Waals surface area (Å²) in [6.07, 6.45) is 0.168. The number of nitrogens with one attached hydrogen (secondary N) is 2. The number of amides is 2. The van der Waals surface area contributed by atoms with E-state index < -0.39 is 10.8 Å². The van der Waals surface area contributed by atoms with Crippen LogP contribution in [0.25, 0.3) is 0 Å². The van der Waals surface area contributed by atoms with Gasteiger partial charge in [-0.05, 0) is 42.0 Å². The molecule has 0 unspecified atom stereocenters. The lowest BCUT2D eigenvalue weighted by Crippen LogP contribution is -2.16. The average Bonchev–Trinajstić information content (AvgIpc) is 2.70. The van der Waals surface area contributed by atoms with Crippen molar-refractivity contribution in [1.29, 1.82) is 0 Å². The van der Waals surface area contributed by atoms with Crippen LogP contribution in [0.3, 0.4) is 0 Å². The third-order valence-corrected chi connectivity index (χ3v) is 4.25. The Labute approximate surface area is 171 Å². The molecule has 146 valence electrons. The van der Waals surface area contributed by atoms with Gasteiger partial charge in [0.2, 0.25) is 5.91 Å². The van der Waals surface area contributed by atoms with E-state index in [2.05, 4.69) is 10.6 Å². The first-order valence-electron chi connectivity index (χ1n) is 8.61. The SMILES string of the molecule is O=C(Cc1ccc(Cl)cc1)Nc1cccc(C(=O)Nc2cccc([N+](=O)[O-])c2)c1. The highest BCUT2D eigenvalue weighted by Gasteiger charge is 2.11. The number of rotatable bonds is 6. The van der Waals surface area contributed by atoms with Crippen LogP contribution < -0.4 is 10.6 Å². The Hall–Kier alpha value is -3.71. The molecule has 7 nitrogen and oxygen atoms in total. The Morgan fingerprint density at radius 2 is 1.55 bits per heavy atom. The first-order chi connectivity index (χ1) is 13.9. The minimum atomic E-state index is -0.535. The van der Waals surface area contributed by atoms with Gasteiger partial charge in [0.15, 0.2) is 0 Å². The lowest BCUT2D eigenvalue weighted by molar-refractivity contribution is -0.384. The third-order valence-electron chi connectivity index (χ3n) is 4.00. The largest absolute Gasteiger partial charge is 0.326 e. The van der Waals surface area contributed by atoms with Gasteiger partial charge in [-0.15, -0.1) is 0 Å². The van der Waals surface area contributed by atoms with Crippen LogP contribution in [0.15, 0.2) is 72.8 Å². The minimum absolute atomic E-state index is 0.119. The highest BCUT2D eigenvalue weighted by atomic mass is 35.5. The summed E-state index contributed by atoms with van der Waals surface area (Å²) in [5.41, 5.74) is 1.77. The quantitative estimate of drug-likeness (QED) is 0.455. The molecule has 0 bridgehead atoms. The number of nitro benzene ring substituents is 1. The molecule has 0 heterocycles. The zero-order valence-electron chi connectivity index (χ0n) is 15.1. The maximum Gasteiger partial charge on any atom is 0.271 e. The van der Waals surface area contributed by atoms with E-state index in [1.54, 1.807) is 48.5 Å². The monoisotopic (exact) mass is 409 g/mol. The van der Waals surface area contributed by atoms with E-state index in [9.17, 15) is 19.7 Å². The molecule has 0 aliphatic heterocycles. The normalized spacial score (nSPS) is 10.2. The molecule has 2 N–H and O–H groups in total. The van der Waals surface area contributed by atoms with Crippen LogP contribution in [-0.4, -0.2) is 16.7 Å². The number of carbonyl (C=O) groups is 2. The van der Waals surface area contributed by atoms with Gasteiger partial charge < -0.3 is 10.6 Å².